The molecule has 1 aromatic carbocycles. The summed E-state index contributed by atoms with van der Waals surface area (Å²) < 4.78 is 0. The summed E-state index contributed by atoms with van der Waals surface area (Å²) in [5, 5.41) is 12.8. The predicted octanol–water partition coefficient (Wildman–Crippen LogP) is 2.31. The minimum Gasteiger partial charge on any atom is -0.394 e. The van der Waals surface area contributed by atoms with Crippen molar-refractivity contribution >= 4 is 0 Å². The zero-order valence-electron chi connectivity index (χ0n) is 10.2. The summed E-state index contributed by atoms with van der Waals surface area (Å²) in [6.07, 6.45) is 3.45. The molecule has 0 radical (unpaired) electrons. The molecule has 0 amide bonds. The molecule has 0 heterocycles. The van der Waals surface area contributed by atoms with E-state index in [0.717, 1.165) is 19.4 Å². The lowest BCUT2D eigenvalue weighted by molar-refractivity contribution is 0.0872. The Labute approximate surface area is 97.7 Å². The summed E-state index contributed by atoms with van der Waals surface area (Å²) in [6.45, 7) is 5.40. The average molecular weight is 219 g/mol. The molecule has 0 bridgehead atoms. The molecule has 2 nitrogen and oxygen atoms in total. The van der Waals surface area contributed by atoms with E-state index in [0.29, 0.717) is 0 Å². The molecule has 2 N–H and O–H groups in total. The molecule has 0 spiro atoms. The highest BCUT2D eigenvalue weighted by atomic mass is 16.3. The summed E-state index contributed by atoms with van der Waals surface area (Å²) in [4.78, 5) is 0. The Morgan fingerprint density at radius 3 is 2.50 bits per heavy atom. The molecule has 1 fully saturated rings. The molecule has 0 aromatic heterocycles. The maximum atomic E-state index is 9.35. The van der Waals surface area contributed by atoms with Gasteiger partial charge in [0.2, 0.25) is 0 Å². The van der Waals surface area contributed by atoms with Crippen molar-refractivity contribution in [3.8, 4) is 0 Å². The van der Waals surface area contributed by atoms with Gasteiger partial charge in [-0.3, -0.25) is 0 Å². The third kappa shape index (κ3) is 2.28. The van der Waals surface area contributed by atoms with Gasteiger partial charge in [-0.2, -0.15) is 0 Å². The molecule has 1 aliphatic carbocycles. The standard InChI is InChI=1S/C14H21NO/c1-11-4-5-13(8-12(11)2)9-15-14(10-16)6-3-7-14/h4-5,8,15-16H,3,6-7,9-10H2,1-2H3. The van der Waals surface area contributed by atoms with Crippen LogP contribution in [0.5, 0.6) is 0 Å². The lowest BCUT2D eigenvalue weighted by Gasteiger charge is -2.41. The van der Waals surface area contributed by atoms with Crippen LogP contribution in [0.25, 0.3) is 0 Å². The highest BCUT2D eigenvalue weighted by Crippen LogP contribution is 2.31. The summed E-state index contributed by atoms with van der Waals surface area (Å²) in [5.41, 5.74) is 4.00. The number of aryl methyl sites for hydroxylation is 2. The third-order valence-corrected chi connectivity index (χ3v) is 3.85. The molecule has 88 valence electrons. The van der Waals surface area contributed by atoms with Gasteiger partial charge < -0.3 is 10.4 Å². The maximum absolute atomic E-state index is 9.35. The number of hydrogen-bond acceptors (Lipinski definition) is 2. The van der Waals surface area contributed by atoms with Gasteiger partial charge in [0.05, 0.1) is 6.61 Å². The second kappa shape index (κ2) is 4.56. The zero-order chi connectivity index (χ0) is 11.6. The van der Waals surface area contributed by atoms with Crippen LogP contribution >= 0.6 is 0 Å². The third-order valence-electron chi connectivity index (χ3n) is 3.85. The molecule has 0 saturated heterocycles. The van der Waals surface area contributed by atoms with E-state index >= 15 is 0 Å². The molecular formula is C14H21NO. The smallest absolute Gasteiger partial charge is 0.0613 e. The van der Waals surface area contributed by atoms with Crippen molar-refractivity contribution in [3.63, 3.8) is 0 Å². The van der Waals surface area contributed by atoms with Crippen LogP contribution in [-0.4, -0.2) is 17.3 Å². The highest BCUT2D eigenvalue weighted by molar-refractivity contribution is 5.30. The fourth-order valence-electron chi connectivity index (χ4n) is 2.20. The lowest BCUT2D eigenvalue weighted by Crippen LogP contribution is -2.53. The lowest BCUT2D eigenvalue weighted by atomic mass is 9.77. The van der Waals surface area contributed by atoms with Crippen LogP contribution in [0.15, 0.2) is 18.2 Å². The van der Waals surface area contributed by atoms with Crippen LogP contribution in [0.1, 0.15) is 36.0 Å². The Hall–Kier alpha value is -0.860. The molecule has 1 aromatic rings. The van der Waals surface area contributed by atoms with Crippen molar-refractivity contribution in [2.45, 2.75) is 45.2 Å². The van der Waals surface area contributed by atoms with Gasteiger partial charge in [-0.1, -0.05) is 18.2 Å². The molecule has 2 heteroatoms. The van der Waals surface area contributed by atoms with Crippen molar-refractivity contribution in [2.24, 2.45) is 0 Å². The first-order valence-corrected chi connectivity index (χ1v) is 6.07. The molecule has 0 unspecified atom stereocenters. The zero-order valence-corrected chi connectivity index (χ0v) is 10.2. The van der Waals surface area contributed by atoms with Crippen LogP contribution in [0.4, 0.5) is 0 Å². The van der Waals surface area contributed by atoms with Crippen LogP contribution in [-0.2, 0) is 6.54 Å². The van der Waals surface area contributed by atoms with Crippen molar-refractivity contribution < 1.29 is 5.11 Å². The van der Waals surface area contributed by atoms with Gasteiger partial charge in [0, 0.05) is 12.1 Å². The molecule has 1 aliphatic rings. The minimum absolute atomic E-state index is 0.0127. The fourth-order valence-corrected chi connectivity index (χ4v) is 2.20. The SMILES string of the molecule is Cc1ccc(CNC2(CO)CCC2)cc1C. The largest absolute Gasteiger partial charge is 0.394 e. The summed E-state index contributed by atoms with van der Waals surface area (Å²) >= 11 is 0. The Balaban J connectivity index is 1.96. The molecule has 16 heavy (non-hydrogen) atoms. The van der Waals surface area contributed by atoms with E-state index in [2.05, 4.69) is 37.4 Å². The van der Waals surface area contributed by atoms with Gasteiger partial charge in [-0.25, -0.2) is 0 Å². The van der Waals surface area contributed by atoms with E-state index in [9.17, 15) is 5.11 Å². The first-order valence-electron chi connectivity index (χ1n) is 6.07. The summed E-state index contributed by atoms with van der Waals surface area (Å²) in [7, 11) is 0. The van der Waals surface area contributed by atoms with E-state index in [1.54, 1.807) is 0 Å². The molecule has 1 saturated carbocycles. The maximum Gasteiger partial charge on any atom is 0.0613 e. The summed E-state index contributed by atoms with van der Waals surface area (Å²) in [6, 6.07) is 6.56. The predicted molar refractivity (Wildman–Crippen MR) is 66.4 cm³/mol. The Morgan fingerprint density at radius 1 is 1.25 bits per heavy atom. The summed E-state index contributed by atoms with van der Waals surface area (Å²) in [5.74, 6) is 0. The molecule has 2 rings (SSSR count). The molecular weight excluding hydrogens is 198 g/mol. The van der Waals surface area contributed by atoms with Crippen molar-refractivity contribution in [1.29, 1.82) is 0 Å². The van der Waals surface area contributed by atoms with Crippen LogP contribution in [0, 0.1) is 13.8 Å². The first-order chi connectivity index (χ1) is 7.65. The molecule has 0 aliphatic heterocycles. The number of aliphatic hydroxyl groups excluding tert-OH is 1. The van der Waals surface area contributed by atoms with Gasteiger partial charge in [0.25, 0.3) is 0 Å². The van der Waals surface area contributed by atoms with Crippen LogP contribution in [0.3, 0.4) is 0 Å². The van der Waals surface area contributed by atoms with Gasteiger partial charge in [-0.15, -0.1) is 0 Å². The van der Waals surface area contributed by atoms with Crippen molar-refractivity contribution in [3.05, 3.63) is 34.9 Å². The van der Waals surface area contributed by atoms with Crippen molar-refractivity contribution in [2.75, 3.05) is 6.61 Å². The second-order valence-corrected chi connectivity index (χ2v) is 5.06. The average Bonchev–Trinajstić information content (AvgIpc) is 2.22. The normalized spacial score (nSPS) is 18.2. The second-order valence-electron chi connectivity index (χ2n) is 5.06. The Bertz CT molecular complexity index is 363. The van der Waals surface area contributed by atoms with E-state index in [-0.39, 0.29) is 12.1 Å². The van der Waals surface area contributed by atoms with E-state index in [1.165, 1.54) is 23.1 Å². The Kier molecular flexibility index (Phi) is 3.31. The topological polar surface area (TPSA) is 32.3 Å². The van der Waals surface area contributed by atoms with Gasteiger partial charge in [0.15, 0.2) is 0 Å². The number of aliphatic hydroxyl groups is 1. The highest BCUT2D eigenvalue weighted by Gasteiger charge is 2.35. The number of nitrogens with one attached hydrogen (secondary N) is 1. The number of benzene rings is 1. The van der Waals surface area contributed by atoms with Gasteiger partial charge >= 0.3 is 0 Å². The first kappa shape index (κ1) is 11.6. The fraction of sp³-hybridized carbons (Fsp3) is 0.571. The van der Waals surface area contributed by atoms with Crippen LogP contribution in [0.2, 0.25) is 0 Å². The number of rotatable bonds is 4. The van der Waals surface area contributed by atoms with E-state index < -0.39 is 0 Å². The van der Waals surface area contributed by atoms with E-state index in [4.69, 9.17) is 0 Å². The monoisotopic (exact) mass is 219 g/mol. The minimum atomic E-state index is 0.0127. The number of hydrogen-bond donors (Lipinski definition) is 2. The van der Waals surface area contributed by atoms with Crippen molar-refractivity contribution in [1.82, 2.24) is 5.32 Å². The quantitative estimate of drug-likeness (QED) is 0.814. The van der Waals surface area contributed by atoms with Gasteiger partial charge in [-0.05, 0) is 49.8 Å². The van der Waals surface area contributed by atoms with Crippen LogP contribution < -0.4 is 5.32 Å². The van der Waals surface area contributed by atoms with Gasteiger partial charge in [0.1, 0.15) is 0 Å². The molecule has 0 atom stereocenters. The van der Waals surface area contributed by atoms with E-state index in [1.807, 2.05) is 0 Å². The Morgan fingerprint density at radius 2 is 2.00 bits per heavy atom.